The molecule has 0 unspecified atom stereocenters. The Morgan fingerprint density at radius 3 is 2.50 bits per heavy atom. The van der Waals surface area contributed by atoms with Crippen LogP contribution in [0, 0.1) is 5.82 Å². The van der Waals surface area contributed by atoms with Crippen LogP contribution in [-0.4, -0.2) is 16.1 Å². The van der Waals surface area contributed by atoms with Gasteiger partial charge in [0, 0.05) is 6.20 Å². The Balaban J connectivity index is 1.89. The van der Waals surface area contributed by atoms with Crippen molar-refractivity contribution in [2.45, 2.75) is 38.0 Å². The van der Waals surface area contributed by atoms with Crippen LogP contribution in [0.1, 0.15) is 31.2 Å². The molecule has 0 bridgehead atoms. The van der Waals surface area contributed by atoms with Gasteiger partial charge in [-0.15, -0.1) is 0 Å². The van der Waals surface area contributed by atoms with E-state index in [4.69, 9.17) is 4.74 Å². The Morgan fingerprint density at radius 1 is 1.12 bits per heavy atom. The lowest BCUT2D eigenvalue weighted by atomic mass is 10.3. The summed E-state index contributed by atoms with van der Waals surface area (Å²) in [5.41, 5.74) is -0.961. The molecule has 3 rings (SSSR count). The van der Waals surface area contributed by atoms with E-state index in [2.05, 4.69) is 15.3 Å². The summed E-state index contributed by atoms with van der Waals surface area (Å²) in [6.45, 7) is 0. The van der Waals surface area contributed by atoms with Gasteiger partial charge in [-0.25, -0.2) is 9.37 Å². The van der Waals surface area contributed by atoms with Crippen LogP contribution in [0.5, 0.6) is 5.88 Å². The molecule has 0 amide bonds. The van der Waals surface area contributed by atoms with Crippen molar-refractivity contribution in [3.63, 3.8) is 0 Å². The zero-order chi connectivity index (χ0) is 17.2. The Bertz CT molecular complexity index is 715. The predicted molar refractivity (Wildman–Crippen MR) is 79.6 cm³/mol. The molecule has 4 nitrogen and oxygen atoms in total. The minimum atomic E-state index is -4.62. The highest BCUT2D eigenvalue weighted by Crippen LogP contribution is 2.37. The molecule has 24 heavy (non-hydrogen) atoms. The zero-order valence-electron chi connectivity index (χ0n) is 12.6. The van der Waals surface area contributed by atoms with E-state index in [1.165, 1.54) is 18.2 Å². The van der Waals surface area contributed by atoms with Crippen LogP contribution in [0.3, 0.4) is 0 Å². The minimum absolute atomic E-state index is 0.0732. The molecule has 1 heterocycles. The molecule has 0 aliphatic heterocycles. The van der Waals surface area contributed by atoms with Crippen molar-refractivity contribution in [3.8, 4) is 5.88 Å². The first kappa shape index (κ1) is 16.5. The lowest BCUT2D eigenvalue weighted by Gasteiger charge is -2.17. The summed E-state index contributed by atoms with van der Waals surface area (Å²) in [7, 11) is 0. The van der Waals surface area contributed by atoms with E-state index in [1.54, 1.807) is 6.07 Å². The lowest BCUT2D eigenvalue weighted by molar-refractivity contribution is -0.139. The highest BCUT2D eigenvalue weighted by Gasteiger charge is 2.37. The first-order valence-electron chi connectivity index (χ1n) is 7.56. The Kier molecular flexibility index (Phi) is 4.55. The number of nitrogens with zero attached hydrogens (tertiary/aromatic N) is 2. The van der Waals surface area contributed by atoms with Gasteiger partial charge in [0.15, 0.2) is 0 Å². The number of rotatable bonds is 4. The van der Waals surface area contributed by atoms with Crippen LogP contribution >= 0.6 is 0 Å². The second-order valence-electron chi connectivity index (χ2n) is 5.54. The van der Waals surface area contributed by atoms with Gasteiger partial charge in [0.25, 0.3) is 0 Å². The third-order valence-electron chi connectivity index (χ3n) is 3.76. The predicted octanol–water partition coefficient (Wildman–Crippen LogP) is 4.70. The van der Waals surface area contributed by atoms with Crippen LogP contribution < -0.4 is 10.1 Å². The Labute approximate surface area is 135 Å². The van der Waals surface area contributed by atoms with E-state index in [0.717, 1.165) is 12.8 Å². The number of alkyl halides is 3. The maximum absolute atomic E-state index is 13.6. The normalized spacial score (nSPS) is 15.5. The number of halogens is 4. The number of hydrogen-bond donors (Lipinski definition) is 1. The monoisotopic (exact) mass is 341 g/mol. The molecule has 0 radical (unpaired) electrons. The molecule has 2 aromatic rings. The van der Waals surface area contributed by atoms with Crippen molar-refractivity contribution in [2.75, 3.05) is 5.32 Å². The lowest BCUT2D eigenvalue weighted by Crippen LogP contribution is -2.18. The van der Waals surface area contributed by atoms with Crippen molar-refractivity contribution >= 4 is 11.6 Å². The van der Waals surface area contributed by atoms with Gasteiger partial charge in [0.05, 0.1) is 5.69 Å². The summed E-state index contributed by atoms with van der Waals surface area (Å²) in [5, 5.41) is 2.57. The quantitative estimate of drug-likeness (QED) is 0.819. The van der Waals surface area contributed by atoms with Crippen LogP contribution in [0.4, 0.5) is 29.2 Å². The van der Waals surface area contributed by atoms with Crippen molar-refractivity contribution in [1.82, 2.24) is 9.97 Å². The number of anilines is 2. The molecule has 8 heteroatoms. The fourth-order valence-electron chi connectivity index (χ4n) is 2.56. The molecular weight excluding hydrogens is 326 g/mol. The summed E-state index contributed by atoms with van der Waals surface area (Å²) >= 11 is 0. The van der Waals surface area contributed by atoms with Gasteiger partial charge in [-0.2, -0.15) is 18.2 Å². The zero-order valence-corrected chi connectivity index (χ0v) is 12.6. The van der Waals surface area contributed by atoms with Crippen molar-refractivity contribution in [3.05, 3.63) is 41.8 Å². The van der Waals surface area contributed by atoms with Gasteiger partial charge < -0.3 is 10.1 Å². The molecule has 1 N–H and O–H groups in total. The van der Waals surface area contributed by atoms with Gasteiger partial charge in [-0.3, -0.25) is 0 Å². The fourth-order valence-corrected chi connectivity index (χ4v) is 2.56. The molecule has 0 spiro atoms. The number of hydrogen-bond acceptors (Lipinski definition) is 4. The van der Waals surface area contributed by atoms with Gasteiger partial charge in [0.2, 0.25) is 11.8 Å². The molecule has 1 aliphatic rings. The molecule has 0 saturated heterocycles. The topological polar surface area (TPSA) is 47.0 Å². The summed E-state index contributed by atoms with van der Waals surface area (Å²) in [6.07, 6.45) is -1.04. The third-order valence-corrected chi connectivity index (χ3v) is 3.76. The van der Waals surface area contributed by atoms with Crippen molar-refractivity contribution in [2.24, 2.45) is 0 Å². The number of benzene rings is 1. The third kappa shape index (κ3) is 3.74. The van der Waals surface area contributed by atoms with Gasteiger partial charge >= 0.3 is 6.18 Å². The van der Waals surface area contributed by atoms with Gasteiger partial charge in [-0.1, -0.05) is 12.1 Å². The van der Waals surface area contributed by atoms with E-state index in [9.17, 15) is 17.6 Å². The Hall–Kier alpha value is -2.38. The van der Waals surface area contributed by atoms with E-state index >= 15 is 0 Å². The number of para-hydroxylation sites is 1. The summed E-state index contributed by atoms with van der Waals surface area (Å²) in [4.78, 5) is 7.44. The molecule has 1 saturated carbocycles. The van der Waals surface area contributed by atoms with Crippen molar-refractivity contribution < 1.29 is 22.3 Å². The Morgan fingerprint density at radius 2 is 1.83 bits per heavy atom. The standard InChI is InChI=1S/C16H15F4N3O/c17-12-7-3-4-8-13(12)22-15-21-9-11(16(18,19)20)14(23-15)24-10-5-1-2-6-10/h3-4,7-10H,1-2,5-6H2,(H,21,22,23). The minimum Gasteiger partial charge on any atom is -0.474 e. The second-order valence-corrected chi connectivity index (χ2v) is 5.54. The molecule has 0 atom stereocenters. The van der Waals surface area contributed by atoms with E-state index in [0.29, 0.717) is 19.0 Å². The smallest absolute Gasteiger partial charge is 0.423 e. The van der Waals surface area contributed by atoms with Crippen LogP contribution in [0.15, 0.2) is 30.5 Å². The molecule has 1 aliphatic carbocycles. The average molecular weight is 341 g/mol. The molecule has 1 aromatic carbocycles. The number of aromatic nitrogens is 2. The highest BCUT2D eigenvalue weighted by molar-refractivity contribution is 5.54. The average Bonchev–Trinajstić information content (AvgIpc) is 3.02. The SMILES string of the molecule is Fc1ccccc1Nc1ncc(C(F)(F)F)c(OC2CCCC2)n1. The summed E-state index contributed by atoms with van der Waals surface area (Å²) in [5.74, 6) is -1.23. The van der Waals surface area contributed by atoms with Crippen LogP contribution in [0.25, 0.3) is 0 Å². The second kappa shape index (κ2) is 6.62. The van der Waals surface area contributed by atoms with Crippen LogP contribution in [-0.2, 0) is 6.18 Å². The fraction of sp³-hybridized carbons (Fsp3) is 0.375. The first-order valence-corrected chi connectivity index (χ1v) is 7.56. The molecule has 1 fully saturated rings. The molecule has 128 valence electrons. The first-order chi connectivity index (χ1) is 11.4. The molecule has 1 aromatic heterocycles. The van der Waals surface area contributed by atoms with E-state index in [-0.39, 0.29) is 17.7 Å². The highest BCUT2D eigenvalue weighted by atomic mass is 19.4. The largest absolute Gasteiger partial charge is 0.474 e. The maximum Gasteiger partial charge on any atom is 0.423 e. The van der Waals surface area contributed by atoms with Gasteiger partial charge in [-0.05, 0) is 37.8 Å². The number of ether oxygens (including phenoxy) is 1. The maximum atomic E-state index is 13.6. The summed E-state index contributed by atoms with van der Waals surface area (Å²) < 4.78 is 58.4. The van der Waals surface area contributed by atoms with Crippen LogP contribution in [0.2, 0.25) is 0 Å². The van der Waals surface area contributed by atoms with E-state index in [1.807, 2.05) is 0 Å². The van der Waals surface area contributed by atoms with Gasteiger partial charge in [0.1, 0.15) is 17.5 Å². The van der Waals surface area contributed by atoms with Crippen molar-refractivity contribution in [1.29, 1.82) is 0 Å². The van der Waals surface area contributed by atoms with E-state index < -0.39 is 23.4 Å². The molecular formula is C16H15F4N3O. The summed E-state index contributed by atoms with van der Waals surface area (Å²) in [6, 6.07) is 5.75. The number of nitrogens with one attached hydrogen (secondary N) is 1.